The van der Waals surface area contributed by atoms with Crippen molar-refractivity contribution in [2.75, 3.05) is 7.11 Å². The molecule has 46 valence electrons. The number of carbonyl (C=O) groups excluding carboxylic acids is 1. The van der Waals surface area contributed by atoms with Gasteiger partial charge in [0.2, 0.25) is 0 Å². The summed E-state index contributed by atoms with van der Waals surface area (Å²) < 4.78 is 0. The third-order valence-corrected chi connectivity index (χ3v) is 0. The van der Waals surface area contributed by atoms with Crippen LogP contribution in [0.5, 0.6) is 0 Å². The van der Waals surface area contributed by atoms with Crippen LogP contribution in [-0.4, -0.2) is 18.0 Å². The van der Waals surface area contributed by atoms with E-state index < -0.39 is 0 Å². The summed E-state index contributed by atoms with van der Waals surface area (Å²) >= 11 is 0. The zero-order valence-electron chi connectivity index (χ0n) is 5.06. The van der Waals surface area contributed by atoms with E-state index in [0.29, 0.717) is 0 Å². The molecule has 0 saturated carbocycles. The number of aliphatic hydroxyl groups is 1. The average Bonchev–Trinajstić information content (AvgIpc) is 1.41. The number of aliphatic hydroxyl groups excluding tert-OH is 1. The van der Waals surface area contributed by atoms with Gasteiger partial charge < -0.3 is 16.1 Å². The van der Waals surface area contributed by atoms with Crippen LogP contribution >= 0.6 is 0 Å². The molecule has 0 aliphatic carbocycles. The van der Waals surface area contributed by atoms with E-state index in [0.717, 1.165) is 7.11 Å². The van der Waals surface area contributed by atoms with Gasteiger partial charge in [0.1, 0.15) is 5.78 Å². The summed E-state index contributed by atoms with van der Waals surface area (Å²) in [7, 11) is 1.00. The molecule has 7 heavy (non-hydrogen) atoms. The summed E-state index contributed by atoms with van der Waals surface area (Å²) in [6, 6.07) is 0. The van der Waals surface area contributed by atoms with Gasteiger partial charge in [0.05, 0.1) is 0 Å². The molecule has 0 atom stereocenters. The van der Waals surface area contributed by atoms with E-state index in [4.69, 9.17) is 5.11 Å². The molecule has 0 heterocycles. The maximum atomic E-state index is 9.44. The van der Waals surface area contributed by atoms with Crippen molar-refractivity contribution >= 4 is 5.78 Å². The van der Waals surface area contributed by atoms with Crippen LogP contribution in [0.1, 0.15) is 13.8 Å². The number of Topliss-reactive ketones (excluding diaryl/α,β-unsaturated/α-hetero) is 1. The topological polar surface area (TPSA) is 72.3 Å². The monoisotopic (exact) mass is 107 g/mol. The minimum absolute atomic E-state index is 0. The van der Waals surface area contributed by atoms with Gasteiger partial charge in [0.15, 0.2) is 0 Å². The quantitative estimate of drug-likeness (QED) is 0.469. The van der Waals surface area contributed by atoms with Gasteiger partial charge in [0, 0.05) is 7.11 Å². The van der Waals surface area contributed by atoms with E-state index in [2.05, 4.69) is 0 Å². The summed E-state index contributed by atoms with van der Waals surface area (Å²) in [6.45, 7) is 3.06. The second-order valence-corrected chi connectivity index (χ2v) is 0.908. The highest BCUT2D eigenvalue weighted by Crippen LogP contribution is 1.50. The Bertz CT molecular complexity index is 32.7. The van der Waals surface area contributed by atoms with E-state index in [1.54, 1.807) is 0 Å². The first-order valence-electron chi connectivity index (χ1n) is 1.65. The highest BCUT2D eigenvalue weighted by molar-refractivity contribution is 5.72. The zero-order chi connectivity index (χ0) is 5.58. The molecule has 0 aliphatic heterocycles. The lowest BCUT2D eigenvalue weighted by molar-refractivity contribution is -0.114. The molecule has 3 heteroatoms. The predicted molar refractivity (Wildman–Crippen MR) is 29.5 cm³/mol. The van der Waals surface area contributed by atoms with Crippen molar-refractivity contribution in [3.8, 4) is 0 Å². The minimum Gasteiger partial charge on any atom is -0.400 e. The molecule has 0 unspecified atom stereocenters. The van der Waals surface area contributed by atoms with Gasteiger partial charge in [-0.15, -0.1) is 0 Å². The predicted octanol–water partition coefficient (Wildman–Crippen LogP) is 0.366. The molecule has 0 aromatic heterocycles. The molecular formula is C4H13NO2. The van der Waals surface area contributed by atoms with Crippen molar-refractivity contribution in [1.82, 2.24) is 6.15 Å². The number of carbonyl (C=O) groups is 1. The summed E-state index contributed by atoms with van der Waals surface area (Å²) in [5.74, 6) is 0.167. The SMILES string of the molecule is CC(C)=O.CO.N. The maximum Gasteiger partial charge on any atom is 0.126 e. The van der Waals surface area contributed by atoms with E-state index in [-0.39, 0.29) is 11.9 Å². The zero-order valence-corrected chi connectivity index (χ0v) is 5.06. The number of hydrogen-bond donors (Lipinski definition) is 2. The second kappa shape index (κ2) is 17.6. The molecule has 0 bridgehead atoms. The number of ketones is 1. The molecule has 0 saturated heterocycles. The van der Waals surface area contributed by atoms with Crippen molar-refractivity contribution in [2.24, 2.45) is 0 Å². The van der Waals surface area contributed by atoms with Crippen molar-refractivity contribution in [3.05, 3.63) is 0 Å². The Morgan fingerprint density at radius 3 is 1.29 bits per heavy atom. The van der Waals surface area contributed by atoms with Crippen LogP contribution in [0.15, 0.2) is 0 Å². The third kappa shape index (κ3) is 429. The first kappa shape index (κ1) is 16.0. The Kier molecular flexibility index (Phi) is 40.1. The molecular weight excluding hydrogens is 94.0 g/mol. The molecule has 0 fully saturated rings. The fourth-order valence-electron chi connectivity index (χ4n) is 0. The van der Waals surface area contributed by atoms with Crippen molar-refractivity contribution in [2.45, 2.75) is 13.8 Å². The van der Waals surface area contributed by atoms with E-state index in [9.17, 15) is 4.79 Å². The standard InChI is InChI=1S/C3H6O.CH4O.H3N/c1-3(2)4;1-2;/h1-2H3;2H,1H3;1H3. The number of rotatable bonds is 0. The van der Waals surface area contributed by atoms with Gasteiger partial charge in [-0.3, -0.25) is 0 Å². The van der Waals surface area contributed by atoms with E-state index >= 15 is 0 Å². The lowest BCUT2D eigenvalue weighted by atomic mass is 10.6. The fourth-order valence-corrected chi connectivity index (χ4v) is 0. The molecule has 3 nitrogen and oxygen atoms in total. The molecule has 0 amide bonds. The Hall–Kier alpha value is -0.410. The largest absolute Gasteiger partial charge is 0.400 e. The average molecular weight is 107 g/mol. The summed E-state index contributed by atoms with van der Waals surface area (Å²) in [5.41, 5.74) is 0. The van der Waals surface area contributed by atoms with Crippen molar-refractivity contribution in [3.63, 3.8) is 0 Å². The first-order valence-corrected chi connectivity index (χ1v) is 1.65. The maximum absolute atomic E-state index is 9.44. The summed E-state index contributed by atoms with van der Waals surface area (Å²) in [6.07, 6.45) is 0. The fraction of sp³-hybridized carbons (Fsp3) is 0.750. The van der Waals surface area contributed by atoms with Crippen LogP contribution in [0, 0.1) is 0 Å². The summed E-state index contributed by atoms with van der Waals surface area (Å²) in [5, 5.41) is 7.00. The minimum atomic E-state index is 0. The Labute approximate surface area is 43.9 Å². The van der Waals surface area contributed by atoms with E-state index in [1.807, 2.05) is 0 Å². The Balaban J connectivity index is -0.0000000480. The molecule has 0 spiro atoms. The lowest BCUT2D eigenvalue weighted by Crippen LogP contribution is -1.69. The molecule has 0 aromatic rings. The lowest BCUT2D eigenvalue weighted by Gasteiger charge is -1.56. The molecule has 0 rings (SSSR count). The van der Waals surface area contributed by atoms with Gasteiger partial charge in [0.25, 0.3) is 0 Å². The van der Waals surface area contributed by atoms with Crippen LogP contribution in [0.2, 0.25) is 0 Å². The first-order chi connectivity index (χ1) is 2.73. The van der Waals surface area contributed by atoms with Crippen LogP contribution < -0.4 is 6.15 Å². The third-order valence-electron chi connectivity index (χ3n) is 0. The van der Waals surface area contributed by atoms with Crippen molar-refractivity contribution < 1.29 is 9.90 Å². The molecule has 0 radical (unpaired) electrons. The molecule has 0 aliphatic rings. The highest BCUT2D eigenvalue weighted by Gasteiger charge is 1.62. The molecule has 0 aromatic carbocycles. The van der Waals surface area contributed by atoms with Gasteiger partial charge in [-0.2, -0.15) is 0 Å². The van der Waals surface area contributed by atoms with Crippen LogP contribution in [0.25, 0.3) is 0 Å². The summed E-state index contributed by atoms with van der Waals surface area (Å²) in [4.78, 5) is 9.44. The van der Waals surface area contributed by atoms with Gasteiger partial charge in [-0.05, 0) is 13.8 Å². The number of hydrogen-bond acceptors (Lipinski definition) is 3. The van der Waals surface area contributed by atoms with Gasteiger partial charge >= 0.3 is 0 Å². The van der Waals surface area contributed by atoms with Crippen molar-refractivity contribution in [1.29, 1.82) is 0 Å². The van der Waals surface area contributed by atoms with Gasteiger partial charge in [-0.25, -0.2) is 0 Å². The smallest absolute Gasteiger partial charge is 0.126 e. The molecule has 4 N–H and O–H groups in total. The highest BCUT2D eigenvalue weighted by atomic mass is 16.2. The van der Waals surface area contributed by atoms with Crippen LogP contribution in [-0.2, 0) is 4.79 Å². The Morgan fingerprint density at radius 1 is 1.29 bits per heavy atom. The van der Waals surface area contributed by atoms with Crippen LogP contribution in [0.3, 0.4) is 0 Å². The second-order valence-electron chi connectivity index (χ2n) is 0.908. The van der Waals surface area contributed by atoms with Gasteiger partial charge in [-0.1, -0.05) is 0 Å². The van der Waals surface area contributed by atoms with E-state index in [1.165, 1.54) is 13.8 Å². The van der Waals surface area contributed by atoms with Crippen LogP contribution in [0.4, 0.5) is 0 Å². The Morgan fingerprint density at radius 2 is 1.29 bits per heavy atom. The normalized spacial score (nSPS) is 4.57.